The standard InChI is InChI=1S/C18H22ClN3O/c1-3-5-8-12(4-2)11-22-17-16(15(19)18(22)23)20-13-9-6-7-10-14(13)21-17/h6-7,9-10,12,15H,3-5,8,11H2,1-2H3. The molecule has 0 radical (unpaired) electrons. The number of rotatable bonds is 6. The number of fused-ring (bicyclic) bond motifs is 2. The lowest BCUT2D eigenvalue weighted by molar-refractivity contribution is -0.117. The molecule has 1 aliphatic heterocycles. The summed E-state index contributed by atoms with van der Waals surface area (Å²) in [5, 5.41) is -0.717. The van der Waals surface area contributed by atoms with Gasteiger partial charge >= 0.3 is 0 Å². The molecule has 23 heavy (non-hydrogen) atoms. The van der Waals surface area contributed by atoms with Crippen molar-refractivity contribution in [3.8, 4) is 0 Å². The largest absolute Gasteiger partial charge is 0.293 e. The van der Waals surface area contributed by atoms with Gasteiger partial charge in [-0.3, -0.25) is 9.69 Å². The molecule has 1 aromatic carbocycles. The number of benzene rings is 1. The molecule has 4 nitrogen and oxygen atoms in total. The molecule has 2 aromatic rings. The molecule has 1 aliphatic rings. The van der Waals surface area contributed by atoms with Crippen LogP contribution in [0.15, 0.2) is 24.3 Å². The van der Waals surface area contributed by atoms with Gasteiger partial charge in [0.05, 0.1) is 11.0 Å². The summed E-state index contributed by atoms with van der Waals surface area (Å²) in [6.07, 6.45) is 4.53. The molecule has 0 fully saturated rings. The molecule has 2 unspecified atom stereocenters. The van der Waals surface area contributed by atoms with E-state index in [1.807, 2.05) is 24.3 Å². The minimum absolute atomic E-state index is 0.0908. The fourth-order valence-electron chi connectivity index (χ4n) is 3.08. The molecule has 5 heteroatoms. The third-order valence-electron chi connectivity index (χ3n) is 4.54. The first-order valence-electron chi connectivity index (χ1n) is 8.37. The number of alkyl halides is 1. The highest BCUT2D eigenvalue weighted by atomic mass is 35.5. The van der Waals surface area contributed by atoms with E-state index in [-0.39, 0.29) is 5.91 Å². The maximum absolute atomic E-state index is 12.6. The second-order valence-corrected chi connectivity index (χ2v) is 6.59. The lowest BCUT2D eigenvalue weighted by Gasteiger charge is -2.23. The van der Waals surface area contributed by atoms with Gasteiger partial charge in [-0.1, -0.05) is 45.2 Å². The van der Waals surface area contributed by atoms with Crippen molar-refractivity contribution in [3.63, 3.8) is 0 Å². The topological polar surface area (TPSA) is 46.1 Å². The maximum Gasteiger partial charge on any atom is 0.252 e. The summed E-state index contributed by atoms with van der Waals surface area (Å²) in [4.78, 5) is 23.6. The van der Waals surface area contributed by atoms with E-state index in [1.165, 1.54) is 12.8 Å². The van der Waals surface area contributed by atoms with E-state index in [0.29, 0.717) is 24.0 Å². The van der Waals surface area contributed by atoms with E-state index in [0.717, 1.165) is 23.9 Å². The van der Waals surface area contributed by atoms with Crippen LogP contribution in [-0.2, 0) is 4.79 Å². The third kappa shape index (κ3) is 3.05. The molecular formula is C18H22ClN3O. The van der Waals surface area contributed by atoms with Crippen molar-refractivity contribution in [1.29, 1.82) is 0 Å². The Balaban J connectivity index is 1.94. The van der Waals surface area contributed by atoms with Crippen LogP contribution in [0.25, 0.3) is 11.0 Å². The number of aromatic nitrogens is 2. The van der Waals surface area contributed by atoms with Crippen LogP contribution >= 0.6 is 11.6 Å². The highest BCUT2D eigenvalue weighted by molar-refractivity contribution is 6.35. The van der Waals surface area contributed by atoms with E-state index >= 15 is 0 Å². The fraction of sp³-hybridized carbons (Fsp3) is 0.500. The van der Waals surface area contributed by atoms with E-state index in [2.05, 4.69) is 23.8 Å². The van der Waals surface area contributed by atoms with E-state index < -0.39 is 5.38 Å². The number of carbonyl (C=O) groups excluding carboxylic acids is 1. The zero-order valence-electron chi connectivity index (χ0n) is 13.6. The Hall–Kier alpha value is -1.68. The lowest BCUT2D eigenvalue weighted by Crippen LogP contribution is -2.33. The quantitative estimate of drug-likeness (QED) is 0.733. The summed E-state index contributed by atoms with van der Waals surface area (Å²) in [6.45, 7) is 5.04. The molecular weight excluding hydrogens is 310 g/mol. The monoisotopic (exact) mass is 331 g/mol. The first-order chi connectivity index (χ1) is 11.2. The summed E-state index contributed by atoms with van der Waals surface area (Å²) in [7, 11) is 0. The average molecular weight is 332 g/mol. The zero-order chi connectivity index (χ0) is 16.4. The summed E-state index contributed by atoms with van der Waals surface area (Å²) < 4.78 is 0. The number of amides is 1. The Kier molecular flexibility index (Phi) is 4.81. The summed E-state index contributed by atoms with van der Waals surface area (Å²) in [5.41, 5.74) is 2.18. The molecule has 2 atom stereocenters. The molecule has 3 rings (SSSR count). The van der Waals surface area contributed by atoms with E-state index in [4.69, 9.17) is 11.6 Å². The zero-order valence-corrected chi connectivity index (χ0v) is 14.4. The number of para-hydroxylation sites is 2. The van der Waals surface area contributed by atoms with Crippen molar-refractivity contribution in [2.75, 3.05) is 11.4 Å². The van der Waals surface area contributed by atoms with Gasteiger partial charge in [-0.15, -0.1) is 11.6 Å². The van der Waals surface area contributed by atoms with E-state index in [1.54, 1.807) is 4.90 Å². The second-order valence-electron chi connectivity index (χ2n) is 6.15. The van der Waals surface area contributed by atoms with Crippen molar-refractivity contribution in [3.05, 3.63) is 30.0 Å². The number of anilines is 1. The van der Waals surface area contributed by atoms with Crippen molar-refractivity contribution >= 4 is 34.4 Å². The normalized spacial score (nSPS) is 18.5. The Morgan fingerprint density at radius 1 is 1.22 bits per heavy atom. The molecule has 0 saturated carbocycles. The highest BCUT2D eigenvalue weighted by Gasteiger charge is 2.39. The Labute approximate surface area is 141 Å². The van der Waals surface area contributed by atoms with Gasteiger partial charge in [-0.2, -0.15) is 0 Å². The van der Waals surface area contributed by atoms with Gasteiger partial charge in [0.1, 0.15) is 5.69 Å². The number of carbonyl (C=O) groups is 1. The molecule has 0 saturated heterocycles. The molecule has 0 N–H and O–H groups in total. The second kappa shape index (κ2) is 6.83. The Morgan fingerprint density at radius 3 is 2.57 bits per heavy atom. The smallest absolute Gasteiger partial charge is 0.252 e. The number of halogens is 1. The van der Waals surface area contributed by atoms with Gasteiger partial charge in [0.15, 0.2) is 11.2 Å². The highest BCUT2D eigenvalue weighted by Crippen LogP contribution is 2.38. The number of hydrogen-bond acceptors (Lipinski definition) is 3. The minimum atomic E-state index is -0.717. The minimum Gasteiger partial charge on any atom is -0.293 e. The summed E-state index contributed by atoms with van der Waals surface area (Å²) in [5.74, 6) is 1.03. The predicted octanol–water partition coefficient (Wildman–Crippen LogP) is 4.47. The van der Waals surface area contributed by atoms with Crippen molar-refractivity contribution < 1.29 is 4.79 Å². The molecule has 0 aliphatic carbocycles. The summed E-state index contributed by atoms with van der Waals surface area (Å²) >= 11 is 6.33. The molecule has 0 bridgehead atoms. The van der Waals surface area contributed by atoms with Crippen molar-refractivity contribution in [2.45, 2.75) is 44.9 Å². The van der Waals surface area contributed by atoms with Crippen LogP contribution in [0, 0.1) is 5.92 Å². The lowest BCUT2D eigenvalue weighted by atomic mass is 9.99. The molecule has 2 heterocycles. The predicted molar refractivity (Wildman–Crippen MR) is 93.8 cm³/mol. The van der Waals surface area contributed by atoms with Crippen LogP contribution in [0.1, 0.15) is 50.6 Å². The Morgan fingerprint density at radius 2 is 1.91 bits per heavy atom. The first-order valence-corrected chi connectivity index (χ1v) is 8.81. The van der Waals surface area contributed by atoms with Gasteiger partial charge < -0.3 is 0 Å². The van der Waals surface area contributed by atoms with Crippen LogP contribution in [0.3, 0.4) is 0 Å². The molecule has 0 spiro atoms. The number of hydrogen-bond donors (Lipinski definition) is 0. The molecule has 122 valence electrons. The van der Waals surface area contributed by atoms with Crippen molar-refractivity contribution in [1.82, 2.24) is 9.97 Å². The van der Waals surface area contributed by atoms with Gasteiger partial charge in [0.25, 0.3) is 5.91 Å². The van der Waals surface area contributed by atoms with Gasteiger partial charge in [0.2, 0.25) is 0 Å². The maximum atomic E-state index is 12.6. The number of unbranched alkanes of at least 4 members (excludes halogenated alkanes) is 1. The average Bonchev–Trinajstić information content (AvgIpc) is 2.81. The summed E-state index contributed by atoms with van der Waals surface area (Å²) in [6, 6.07) is 7.66. The van der Waals surface area contributed by atoms with Gasteiger partial charge in [-0.05, 0) is 24.5 Å². The fourth-order valence-corrected chi connectivity index (χ4v) is 3.35. The molecule has 1 amide bonds. The van der Waals surface area contributed by atoms with Gasteiger partial charge in [-0.25, -0.2) is 9.97 Å². The van der Waals surface area contributed by atoms with Crippen LogP contribution in [0.5, 0.6) is 0 Å². The third-order valence-corrected chi connectivity index (χ3v) is 4.93. The van der Waals surface area contributed by atoms with Crippen LogP contribution < -0.4 is 4.90 Å². The van der Waals surface area contributed by atoms with Gasteiger partial charge in [0, 0.05) is 6.54 Å². The van der Waals surface area contributed by atoms with Crippen LogP contribution in [0.2, 0.25) is 0 Å². The van der Waals surface area contributed by atoms with Crippen LogP contribution in [-0.4, -0.2) is 22.4 Å². The number of nitrogens with zero attached hydrogens (tertiary/aromatic N) is 3. The first kappa shape index (κ1) is 16.2. The van der Waals surface area contributed by atoms with Crippen LogP contribution in [0.4, 0.5) is 5.82 Å². The molecule has 1 aromatic heterocycles. The van der Waals surface area contributed by atoms with E-state index in [9.17, 15) is 4.79 Å². The van der Waals surface area contributed by atoms with Crippen molar-refractivity contribution in [2.24, 2.45) is 5.92 Å². The Bertz CT molecular complexity index is 718. The SMILES string of the molecule is CCCCC(CC)CN1C(=O)C(Cl)c2nc3ccccc3nc21.